The van der Waals surface area contributed by atoms with Crippen molar-refractivity contribution in [3.63, 3.8) is 0 Å². The van der Waals surface area contributed by atoms with Crippen molar-refractivity contribution in [3.05, 3.63) is 76.2 Å². The maximum Gasteiger partial charge on any atom is 0.328 e. The van der Waals surface area contributed by atoms with Gasteiger partial charge in [-0.15, -0.1) is 6.58 Å². The van der Waals surface area contributed by atoms with Crippen LogP contribution in [0.25, 0.3) is 11.0 Å². The number of amides is 3. The fourth-order valence-electron chi connectivity index (χ4n) is 5.16. The number of halogens is 1. The first-order chi connectivity index (χ1) is 16.3. The van der Waals surface area contributed by atoms with Gasteiger partial charge in [0, 0.05) is 43.0 Å². The van der Waals surface area contributed by atoms with Crippen LogP contribution < -0.4 is 10.6 Å². The van der Waals surface area contributed by atoms with Crippen LogP contribution in [-0.2, 0) is 33.4 Å². The lowest BCUT2D eigenvalue weighted by molar-refractivity contribution is -0.140. The van der Waals surface area contributed by atoms with Crippen LogP contribution in [0.15, 0.2) is 59.9 Å². The molecule has 174 valence electrons. The van der Waals surface area contributed by atoms with Crippen LogP contribution in [0.3, 0.4) is 0 Å². The Bertz CT molecular complexity index is 1440. The molecule has 3 amide bonds. The zero-order valence-electron chi connectivity index (χ0n) is 18.7. The molecular weight excluding hydrogens is 456 g/mol. The van der Waals surface area contributed by atoms with Crippen LogP contribution in [-0.4, -0.2) is 44.8 Å². The van der Waals surface area contributed by atoms with Gasteiger partial charge < -0.3 is 4.90 Å². The van der Waals surface area contributed by atoms with Gasteiger partial charge in [-0.05, 0) is 36.8 Å². The molecule has 0 bridgehead atoms. The van der Waals surface area contributed by atoms with E-state index in [1.807, 2.05) is 24.3 Å². The summed E-state index contributed by atoms with van der Waals surface area (Å²) in [5.41, 5.74) is 0.952. The molecule has 0 aliphatic carbocycles. The van der Waals surface area contributed by atoms with Crippen molar-refractivity contribution >= 4 is 46.0 Å². The number of hydrogen-bond donors (Lipinski definition) is 0. The van der Waals surface area contributed by atoms with Gasteiger partial charge in [-0.2, -0.15) is 0 Å². The van der Waals surface area contributed by atoms with Crippen molar-refractivity contribution < 1.29 is 14.4 Å². The molecule has 5 rings (SSSR count). The van der Waals surface area contributed by atoms with E-state index in [9.17, 15) is 19.2 Å². The summed E-state index contributed by atoms with van der Waals surface area (Å²) < 4.78 is 3.28. The Morgan fingerprint density at radius 3 is 2.44 bits per heavy atom. The number of fused-ring (bicyclic) bond motifs is 3. The molecule has 0 saturated carbocycles. The fourth-order valence-corrected chi connectivity index (χ4v) is 5.33. The number of anilines is 1. The number of imidazole rings is 1. The molecule has 8 nitrogen and oxygen atoms in total. The molecule has 0 radical (unpaired) electrons. The summed E-state index contributed by atoms with van der Waals surface area (Å²) in [5.74, 6) is -1.38. The number of carbonyl (C=O) groups is 3. The van der Waals surface area contributed by atoms with Crippen molar-refractivity contribution in [1.29, 1.82) is 0 Å². The lowest BCUT2D eigenvalue weighted by Gasteiger charge is -2.22. The molecular formula is C25H23ClN4O4. The van der Waals surface area contributed by atoms with Gasteiger partial charge in [-0.25, -0.2) is 4.79 Å². The normalized spacial score (nSPS) is 19.6. The fraction of sp³-hybridized carbons (Fsp3) is 0.280. The first-order valence-corrected chi connectivity index (χ1v) is 11.4. The van der Waals surface area contributed by atoms with Crippen molar-refractivity contribution in [2.75, 3.05) is 18.0 Å². The SMILES string of the molecule is C=CCN1C(=O)CC2(C1=O)C(=O)N(CCCn1c(=O)n(C)c3ccccc31)c1ccc(Cl)cc12. The standard InChI is InChI=1S/C25H23ClN4O4/c1-3-11-30-21(31)15-25(23(30)33)17-14-16(26)9-10-18(17)28(22(25)32)12-6-13-29-20-8-5-4-7-19(20)27(2)24(29)34/h3-5,7-10,14H,1,6,11-13,15H2,2H3. The maximum absolute atomic E-state index is 13.7. The van der Waals surface area contributed by atoms with Gasteiger partial charge >= 0.3 is 5.69 Å². The van der Waals surface area contributed by atoms with Crippen LogP contribution in [0.5, 0.6) is 0 Å². The van der Waals surface area contributed by atoms with Crippen molar-refractivity contribution in [2.24, 2.45) is 7.05 Å². The van der Waals surface area contributed by atoms with Gasteiger partial charge in [0.1, 0.15) is 0 Å². The number of imide groups is 1. The Kier molecular flexibility index (Phi) is 5.20. The molecule has 1 fully saturated rings. The van der Waals surface area contributed by atoms with E-state index in [2.05, 4.69) is 6.58 Å². The predicted octanol–water partition coefficient (Wildman–Crippen LogP) is 2.61. The molecule has 1 aromatic heterocycles. The van der Waals surface area contributed by atoms with E-state index in [1.54, 1.807) is 39.3 Å². The van der Waals surface area contributed by atoms with Gasteiger partial charge in [-0.3, -0.25) is 28.4 Å². The molecule has 2 aromatic carbocycles. The zero-order valence-corrected chi connectivity index (χ0v) is 19.4. The highest BCUT2D eigenvalue weighted by Crippen LogP contribution is 2.49. The first-order valence-electron chi connectivity index (χ1n) is 11.0. The topological polar surface area (TPSA) is 84.6 Å². The number of aryl methyl sites for hydroxylation is 2. The van der Waals surface area contributed by atoms with Crippen molar-refractivity contribution in [2.45, 2.75) is 24.8 Å². The van der Waals surface area contributed by atoms with Gasteiger partial charge in [-0.1, -0.05) is 29.8 Å². The molecule has 34 heavy (non-hydrogen) atoms. The Balaban J connectivity index is 1.47. The van der Waals surface area contributed by atoms with E-state index in [4.69, 9.17) is 11.6 Å². The molecule has 0 N–H and O–H groups in total. The third-order valence-electron chi connectivity index (χ3n) is 6.77. The van der Waals surface area contributed by atoms with Crippen LogP contribution in [0.1, 0.15) is 18.4 Å². The molecule has 2 aliphatic heterocycles. The number of likely N-dealkylation sites (tertiary alicyclic amines) is 1. The minimum absolute atomic E-state index is 0.0482. The van der Waals surface area contributed by atoms with Gasteiger partial charge in [0.15, 0.2) is 5.41 Å². The molecule has 1 unspecified atom stereocenters. The van der Waals surface area contributed by atoms with E-state index in [1.165, 1.54) is 6.08 Å². The summed E-state index contributed by atoms with van der Waals surface area (Å²) in [5, 5.41) is 0.387. The third kappa shape index (κ3) is 2.98. The number of benzene rings is 2. The lowest BCUT2D eigenvalue weighted by atomic mass is 9.80. The smallest absolute Gasteiger partial charge is 0.311 e. The summed E-state index contributed by atoms with van der Waals surface area (Å²) >= 11 is 6.23. The van der Waals surface area contributed by atoms with E-state index >= 15 is 0 Å². The van der Waals surface area contributed by atoms with Crippen LogP contribution >= 0.6 is 11.6 Å². The lowest BCUT2D eigenvalue weighted by Crippen LogP contribution is -2.46. The second-order valence-corrected chi connectivity index (χ2v) is 9.07. The zero-order chi connectivity index (χ0) is 24.2. The maximum atomic E-state index is 13.7. The Labute approximate surface area is 200 Å². The number of carbonyl (C=O) groups excluding carboxylic acids is 3. The highest BCUT2D eigenvalue weighted by molar-refractivity contribution is 6.32. The predicted molar refractivity (Wildman–Crippen MR) is 129 cm³/mol. The van der Waals surface area contributed by atoms with Crippen molar-refractivity contribution in [3.8, 4) is 0 Å². The molecule has 1 atom stereocenters. The number of hydrogen-bond acceptors (Lipinski definition) is 4. The Hall–Kier alpha value is -3.65. The average Bonchev–Trinajstić information content (AvgIpc) is 3.32. The number of nitrogens with zero attached hydrogens (tertiary/aromatic N) is 4. The number of para-hydroxylation sites is 2. The molecule has 2 aliphatic rings. The van der Waals surface area contributed by atoms with E-state index in [0.717, 1.165) is 15.9 Å². The van der Waals surface area contributed by atoms with E-state index in [0.29, 0.717) is 29.2 Å². The first kappa shape index (κ1) is 22.2. The Morgan fingerprint density at radius 2 is 1.71 bits per heavy atom. The van der Waals surface area contributed by atoms with Gasteiger partial charge in [0.25, 0.3) is 0 Å². The molecule has 9 heteroatoms. The summed E-state index contributed by atoms with van der Waals surface area (Å²) in [7, 11) is 1.73. The molecule has 1 saturated heterocycles. The molecule has 1 spiro atoms. The van der Waals surface area contributed by atoms with Crippen molar-refractivity contribution in [1.82, 2.24) is 14.0 Å². The highest BCUT2D eigenvalue weighted by Gasteiger charge is 2.63. The summed E-state index contributed by atoms with van der Waals surface area (Å²) in [6.07, 6.45) is 1.72. The quantitative estimate of drug-likeness (QED) is 0.310. The van der Waals surface area contributed by atoms with Crippen LogP contribution in [0.2, 0.25) is 5.02 Å². The highest BCUT2D eigenvalue weighted by atomic mass is 35.5. The minimum Gasteiger partial charge on any atom is -0.311 e. The Morgan fingerprint density at radius 1 is 1.00 bits per heavy atom. The van der Waals surface area contributed by atoms with Crippen LogP contribution in [0, 0.1) is 0 Å². The average molecular weight is 479 g/mol. The summed E-state index contributed by atoms with van der Waals surface area (Å²) in [4.78, 5) is 55.1. The number of rotatable bonds is 6. The van der Waals surface area contributed by atoms with Gasteiger partial charge in [0.2, 0.25) is 17.7 Å². The minimum atomic E-state index is -1.60. The number of aromatic nitrogens is 2. The summed E-state index contributed by atoms with van der Waals surface area (Å²) in [6.45, 7) is 4.34. The van der Waals surface area contributed by atoms with E-state index < -0.39 is 23.1 Å². The van der Waals surface area contributed by atoms with Gasteiger partial charge in [0.05, 0.1) is 17.5 Å². The largest absolute Gasteiger partial charge is 0.328 e. The molecule has 3 heterocycles. The summed E-state index contributed by atoms with van der Waals surface area (Å²) in [6, 6.07) is 12.5. The third-order valence-corrected chi connectivity index (χ3v) is 7.01. The monoisotopic (exact) mass is 478 g/mol. The molecule has 3 aromatic rings. The van der Waals surface area contributed by atoms with Crippen LogP contribution in [0.4, 0.5) is 5.69 Å². The van der Waals surface area contributed by atoms with E-state index in [-0.39, 0.29) is 25.2 Å². The second kappa shape index (κ2) is 7.99. The second-order valence-electron chi connectivity index (χ2n) is 8.63.